The number of fused-ring (bicyclic) bond motifs is 1. The summed E-state index contributed by atoms with van der Waals surface area (Å²) in [6.45, 7) is 1.55. The van der Waals surface area contributed by atoms with E-state index < -0.39 is 10.0 Å². The topological polar surface area (TPSA) is 55.2 Å². The molecule has 1 aromatic heterocycles. The first-order chi connectivity index (χ1) is 9.15. The van der Waals surface area contributed by atoms with Crippen LogP contribution in [0.4, 0.5) is 0 Å². The highest BCUT2D eigenvalue weighted by Gasteiger charge is 2.27. The van der Waals surface area contributed by atoms with Gasteiger partial charge in [-0.15, -0.1) is 0 Å². The van der Waals surface area contributed by atoms with Crippen LogP contribution in [0.15, 0.2) is 42.7 Å². The summed E-state index contributed by atoms with van der Waals surface area (Å²) >= 11 is 0. The molecule has 0 aliphatic carbocycles. The Morgan fingerprint density at radius 1 is 1.16 bits per heavy atom. The molecule has 6 heteroatoms. The van der Waals surface area contributed by atoms with Gasteiger partial charge in [0.1, 0.15) is 5.82 Å². The first-order valence-electron chi connectivity index (χ1n) is 6.17. The highest BCUT2D eigenvalue weighted by molar-refractivity contribution is 7.88. The fourth-order valence-electron chi connectivity index (χ4n) is 2.26. The molecular formula is C13H15N3O2S. The Balaban J connectivity index is 1.79. The van der Waals surface area contributed by atoms with E-state index in [1.807, 2.05) is 41.1 Å². The van der Waals surface area contributed by atoms with Crippen molar-refractivity contribution >= 4 is 10.0 Å². The summed E-state index contributed by atoms with van der Waals surface area (Å²) < 4.78 is 28.3. The minimum atomic E-state index is -3.28. The van der Waals surface area contributed by atoms with Crippen LogP contribution in [0, 0.1) is 0 Å². The Morgan fingerprint density at radius 3 is 2.74 bits per heavy atom. The Labute approximate surface area is 112 Å². The Morgan fingerprint density at radius 2 is 1.95 bits per heavy atom. The van der Waals surface area contributed by atoms with E-state index in [0.29, 0.717) is 19.6 Å². The molecule has 1 aliphatic rings. The van der Waals surface area contributed by atoms with Crippen LogP contribution in [0.3, 0.4) is 0 Å². The van der Waals surface area contributed by atoms with Gasteiger partial charge < -0.3 is 4.57 Å². The summed E-state index contributed by atoms with van der Waals surface area (Å²) in [4.78, 5) is 4.18. The lowest BCUT2D eigenvalue weighted by Gasteiger charge is -2.26. The van der Waals surface area contributed by atoms with E-state index in [4.69, 9.17) is 0 Å². The third-order valence-corrected chi connectivity index (χ3v) is 5.09. The quantitative estimate of drug-likeness (QED) is 0.848. The molecule has 5 nitrogen and oxygen atoms in total. The zero-order valence-corrected chi connectivity index (χ0v) is 11.3. The molecule has 2 aromatic rings. The first kappa shape index (κ1) is 12.4. The van der Waals surface area contributed by atoms with Gasteiger partial charge in [0.05, 0.1) is 12.3 Å². The molecule has 0 saturated heterocycles. The fraction of sp³-hybridized carbons (Fsp3) is 0.308. The van der Waals surface area contributed by atoms with Crippen molar-refractivity contribution in [2.24, 2.45) is 0 Å². The Hall–Kier alpha value is -1.66. The summed E-state index contributed by atoms with van der Waals surface area (Å²) in [6, 6.07) is 9.26. The highest BCUT2D eigenvalue weighted by Crippen LogP contribution is 2.17. The standard InChI is InChI=1S/C13H15N3O2S/c17-19(18,11-12-4-2-1-3-5-12)16-9-8-15-7-6-14-13(15)10-16/h1-7H,8-11H2. The average molecular weight is 277 g/mol. The zero-order valence-electron chi connectivity index (χ0n) is 10.4. The predicted octanol–water partition coefficient (Wildman–Crippen LogP) is 1.23. The monoisotopic (exact) mass is 277 g/mol. The first-order valence-corrected chi connectivity index (χ1v) is 7.78. The largest absolute Gasteiger partial charge is 0.333 e. The van der Waals surface area contributed by atoms with Crippen molar-refractivity contribution in [2.75, 3.05) is 6.54 Å². The van der Waals surface area contributed by atoms with Gasteiger partial charge in [0.2, 0.25) is 10.0 Å². The fourth-order valence-corrected chi connectivity index (χ4v) is 3.73. The minimum absolute atomic E-state index is 0.0501. The SMILES string of the molecule is O=S(=O)(Cc1ccccc1)N1CCn2ccnc2C1. The van der Waals surface area contributed by atoms with E-state index in [-0.39, 0.29) is 5.75 Å². The number of rotatable bonds is 3. The molecule has 3 rings (SSSR count). The molecule has 1 aliphatic heterocycles. The second kappa shape index (κ2) is 4.79. The Bertz CT molecular complexity index is 664. The second-order valence-corrected chi connectivity index (χ2v) is 6.58. The lowest BCUT2D eigenvalue weighted by Crippen LogP contribution is -2.38. The normalized spacial score (nSPS) is 16.2. The van der Waals surface area contributed by atoms with Crippen LogP contribution in [0.1, 0.15) is 11.4 Å². The summed E-state index contributed by atoms with van der Waals surface area (Å²) in [6.07, 6.45) is 3.60. The third-order valence-electron chi connectivity index (χ3n) is 3.30. The van der Waals surface area contributed by atoms with Gasteiger partial charge >= 0.3 is 0 Å². The molecule has 0 radical (unpaired) electrons. The highest BCUT2D eigenvalue weighted by atomic mass is 32.2. The number of aromatic nitrogens is 2. The van der Waals surface area contributed by atoms with Crippen molar-refractivity contribution in [3.63, 3.8) is 0 Å². The molecule has 0 fully saturated rings. The molecule has 0 bridgehead atoms. The van der Waals surface area contributed by atoms with E-state index >= 15 is 0 Å². The average Bonchev–Trinajstić information content (AvgIpc) is 2.86. The van der Waals surface area contributed by atoms with Gasteiger partial charge in [0, 0.05) is 25.5 Å². The number of sulfonamides is 1. The van der Waals surface area contributed by atoms with E-state index in [0.717, 1.165) is 11.4 Å². The van der Waals surface area contributed by atoms with Gasteiger partial charge in [0.15, 0.2) is 0 Å². The zero-order chi connectivity index (χ0) is 13.3. The van der Waals surface area contributed by atoms with Crippen LogP contribution in [0.5, 0.6) is 0 Å². The van der Waals surface area contributed by atoms with Crippen molar-refractivity contribution in [3.05, 3.63) is 54.1 Å². The second-order valence-electron chi connectivity index (χ2n) is 4.61. The number of benzene rings is 1. The minimum Gasteiger partial charge on any atom is -0.333 e. The summed E-state index contributed by atoms with van der Waals surface area (Å²) in [5.74, 6) is 0.858. The maximum Gasteiger partial charge on any atom is 0.218 e. The lowest BCUT2D eigenvalue weighted by atomic mass is 10.2. The maximum atomic E-state index is 12.4. The molecule has 0 atom stereocenters. The van der Waals surface area contributed by atoms with Crippen molar-refractivity contribution in [2.45, 2.75) is 18.8 Å². The van der Waals surface area contributed by atoms with Crippen LogP contribution in [-0.2, 0) is 28.9 Å². The van der Waals surface area contributed by atoms with E-state index in [2.05, 4.69) is 4.98 Å². The van der Waals surface area contributed by atoms with Gasteiger partial charge in [-0.2, -0.15) is 4.31 Å². The van der Waals surface area contributed by atoms with Crippen molar-refractivity contribution in [3.8, 4) is 0 Å². The Kier molecular flexibility index (Phi) is 3.12. The van der Waals surface area contributed by atoms with E-state index in [9.17, 15) is 8.42 Å². The molecule has 0 saturated carbocycles. The molecule has 0 spiro atoms. The lowest BCUT2D eigenvalue weighted by molar-refractivity contribution is 0.335. The summed E-state index contributed by atoms with van der Waals surface area (Å²) in [7, 11) is -3.28. The van der Waals surface area contributed by atoms with Gasteiger partial charge in [-0.3, -0.25) is 0 Å². The van der Waals surface area contributed by atoms with Crippen molar-refractivity contribution in [1.82, 2.24) is 13.9 Å². The number of imidazole rings is 1. The van der Waals surface area contributed by atoms with Gasteiger partial charge in [-0.05, 0) is 5.56 Å². The maximum absolute atomic E-state index is 12.4. The number of nitrogens with zero attached hydrogens (tertiary/aromatic N) is 3. The van der Waals surface area contributed by atoms with Crippen molar-refractivity contribution < 1.29 is 8.42 Å². The molecule has 0 N–H and O–H groups in total. The van der Waals surface area contributed by atoms with Gasteiger partial charge in [-0.25, -0.2) is 13.4 Å². The molecule has 100 valence electrons. The van der Waals surface area contributed by atoms with E-state index in [1.54, 1.807) is 6.20 Å². The molecule has 1 aromatic carbocycles. The predicted molar refractivity (Wildman–Crippen MR) is 71.7 cm³/mol. The van der Waals surface area contributed by atoms with Gasteiger partial charge in [-0.1, -0.05) is 30.3 Å². The molecule has 0 amide bonds. The number of hydrogen-bond donors (Lipinski definition) is 0. The van der Waals surface area contributed by atoms with Crippen molar-refractivity contribution in [1.29, 1.82) is 0 Å². The van der Waals surface area contributed by atoms with Crippen LogP contribution in [-0.4, -0.2) is 28.8 Å². The molecule has 0 unspecified atom stereocenters. The molecule has 19 heavy (non-hydrogen) atoms. The van der Waals surface area contributed by atoms with Crippen LogP contribution < -0.4 is 0 Å². The molecule has 2 heterocycles. The summed E-state index contributed by atoms with van der Waals surface area (Å²) in [5, 5.41) is 0. The van der Waals surface area contributed by atoms with E-state index in [1.165, 1.54) is 4.31 Å². The van der Waals surface area contributed by atoms with Crippen LogP contribution in [0.25, 0.3) is 0 Å². The van der Waals surface area contributed by atoms with Crippen LogP contribution in [0.2, 0.25) is 0 Å². The van der Waals surface area contributed by atoms with Gasteiger partial charge in [0.25, 0.3) is 0 Å². The smallest absolute Gasteiger partial charge is 0.218 e. The number of hydrogen-bond acceptors (Lipinski definition) is 3. The molecular weight excluding hydrogens is 262 g/mol. The summed E-state index contributed by atoms with van der Waals surface area (Å²) in [5.41, 5.74) is 0.816. The van der Waals surface area contributed by atoms with Crippen LogP contribution >= 0.6 is 0 Å². The third kappa shape index (κ3) is 2.54.